The molecule has 8 heteroatoms. The van der Waals surface area contributed by atoms with Crippen LogP contribution in [0, 0.1) is 0 Å². The molecule has 3 N–H and O–H groups in total. The number of carbonyl (C=O) groups is 1. The first kappa shape index (κ1) is 19.2. The van der Waals surface area contributed by atoms with Gasteiger partial charge in [-0.25, -0.2) is 0 Å². The van der Waals surface area contributed by atoms with E-state index in [9.17, 15) is 24.7 Å². The summed E-state index contributed by atoms with van der Waals surface area (Å²) in [7, 11) is -3.93. The fourth-order valence-corrected chi connectivity index (χ4v) is 4.51. The molecule has 0 saturated heterocycles. The van der Waals surface area contributed by atoms with Crippen molar-refractivity contribution in [2.75, 3.05) is 13.2 Å². The number of hydrogen-bond acceptors (Lipinski definition) is 6. The largest absolute Gasteiger partial charge is 0.508 e. The topological polar surface area (TPSA) is 113 Å². The van der Waals surface area contributed by atoms with Gasteiger partial charge in [-0.15, -0.1) is 0 Å². The van der Waals surface area contributed by atoms with E-state index in [0.717, 1.165) is 0 Å². The Morgan fingerprint density at radius 3 is 2.28 bits per heavy atom. The highest BCUT2D eigenvalue weighted by Gasteiger charge is 2.42. The van der Waals surface area contributed by atoms with Gasteiger partial charge < -0.3 is 24.4 Å². The van der Waals surface area contributed by atoms with Crippen LogP contribution in [-0.2, 0) is 24.8 Å². The second kappa shape index (κ2) is 7.87. The van der Waals surface area contributed by atoms with Crippen LogP contribution in [0.3, 0.4) is 0 Å². The quantitative estimate of drug-likeness (QED) is 0.611. The molecule has 0 aliphatic heterocycles. The average Bonchev–Trinajstić information content (AvgIpc) is 2.54. The van der Waals surface area contributed by atoms with Gasteiger partial charge >= 0.3 is 13.6 Å². The van der Waals surface area contributed by atoms with E-state index in [0.29, 0.717) is 10.8 Å². The smallest absolute Gasteiger partial charge is 0.345 e. The van der Waals surface area contributed by atoms with E-state index in [4.69, 9.17) is 9.05 Å². The lowest BCUT2D eigenvalue weighted by atomic mass is 9.99. The molecule has 0 heterocycles. The molecule has 0 saturated carbocycles. The molecule has 0 radical (unpaired) electrons. The molecule has 1 atom stereocenters. The molecule has 7 nitrogen and oxygen atoms in total. The Morgan fingerprint density at radius 2 is 1.72 bits per heavy atom. The van der Waals surface area contributed by atoms with Crippen LogP contribution >= 0.6 is 7.60 Å². The summed E-state index contributed by atoms with van der Waals surface area (Å²) in [5.74, 6) is -1.52. The van der Waals surface area contributed by atoms with Crippen LogP contribution in [0.2, 0.25) is 0 Å². The van der Waals surface area contributed by atoms with Crippen LogP contribution in [0.15, 0.2) is 30.3 Å². The molecule has 0 spiro atoms. The number of aromatic hydroxyl groups is 2. The number of carboxylic acids is 1. The van der Waals surface area contributed by atoms with Gasteiger partial charge in [-0.3, -0.25) is 9.36 Å². The van der Waals surface area contributed by atoms with Crippen molar-refractivity contribution in [3.05, 3.63) is 35.9 Å². The van der Waals surface area contributed by atoms with Crippen LogP contribution in [0.5, 0.6) is 11.5 Å². The summed E-state index contributed by atoms with van der Waals surface area (Å²) in [5, 5.41) is 30.7. The lowest BCUT2D eigenvalue weighted by Gasteiger charge is -2.24. The Hall–Kier alpha value is -2.08. The fraction of sp³-hybridized carbons (Fsp3) is 0.353. The van der Waals surface area contributed by atoms with Crippen molar-refractivity contribution in [1.29, 1.82) is 0 Å². The summed E-state index contributed by atoms with van der Waals surface area (Å²) in [6, 6.07) is 7.64. The summed E-state index contributed by atoms with van der Waals surface area (Å²) in [6.45, 7) is 3.25. The van der Waals surface area contributed by atoms with Crippen LogP contribution in [-0.4, -0.2) is 40.2 Å². The molecule has 1 unspecified atom stereocenters. The number of fused-ring (bicyclic) bond motifs is 1. The molecule has 25 heavy (non-hydrogen) atoms. The molecule has 0 aromatic heterocycles. The first-order chi connectivity index (χ1) is 11.8. The Balaban J connectivity index is 2.55. The molecule has 0 fully saturated rings. The number of rotatable bonds is 8. The normalized spacial score (nSPS) is 13.0. The Labute approximate surface area is 145 Å². The predicted molar refractivity (Wildman–Crippen MR) is 93.3 cm³/mol. The maximum absolute atomic E-state index is 12.9. The van der Waals surface area contributed by atoms with Gasteiger partial charge in [0.05, 0.1) is 13.2 Å². The number of phenolic OH excluding ortho intramolecular Hbond substituents is 2. The lowest BCUT2D eigenvalue weighted by Crippen LogP contribution is -2.26. The monoisotopic (exact) mass is 368 g/mol. The van der Waals surface area contributed by atoms with E-state index in [2.05, 4.69) is 0 Å². The van der Waals surface area contributed by atoms with Gasteiger partial charge in [0.15, 0.2) is 5.66 Å². The van der Waals surface area contributed by atoms with Gasteiger partial charge in [-0.1, -0.05) is 12.1 Å². The van der Waals surface area contributed by atoms with E-state index in [1.165, 1.54) is 18.2 Å². The SMILES string of the molecule is CCOP(=O)(OCC)C(Cc1c(O)ccc2ccc(O)cc12)C(=O)O. The van der Waals surface area contributed by atoms with Gasteiger partial charge in [-0.2, -0.15) is 0 Å². The van der Waals surface area contributed by atoms with Crippen LogP contribution in [0.25, 0.3) is 10.8 Å². The number of phenols is 2. The predicted octanol–water partition coefficient (Wildman–Crippen LogP) is 3.51. The zero-order chi connectivity index (χ0) is 18.6. The van der Waals surface area contributed by atoms with Crippen molar-refractivity contribution in [3.63, 3.8) is 0 Å². The molecule has 0 aliphatic carbocycles. The minimum absolute atomic E-state index is 0.0241. The summed E-state index contributed by atoms with van der Waals surface area (Å²) in [5.41, 5.74) is -1.22. The van der Waals surface area contributed by atoms with E-state index >= 15 is 0 Å². The number of carboxylic acid groups (broad SMARTS) is 1. The summed E-state index contributed by atoms with van der Waals surface area (Å²) >= 11 is 0. The lowest BCUT2D eigenvalue weighted by molar-refractivity contribution is -0.137. The van der Waals surface area contributed by atoms with E-state index in [1.54, 1.807) is 26.0 Å². The van der Waals surface area contributed by atoms with Crippen LogP contribution < -0.4 is 0 Å². The second-order valence-electron chi connectivity index (χ2n) is 5.40. The fourth-order valence-electron chi connectivity index (χ4n) is 2.68. The minimum Gasteiger partial charge on any atom is -0.508 e. The number of hydrogen-bond donors (Lipinski definition) is 3. The Morgan fingerprint density at radius 1 is 1.12 bits per heavy atom. The highest BCUT2D eigenvalue weighted by Crippen LogP contribution is 2.54. The molecule has 0 aliphatic rings. The molecular formula is C17H21O7P. The third kappa shape index (κ3) is 4.12. The van der Waals surface area contributed by atoms with Gasteiger partial charge in [0.1, 0.15) is 11.5 Å². The highest BCUT2D eigenvalue weighted by atomic mass is 31.2. The third-order valence-electron chi connectivity index (χ3n) is 3.77. The zero-order valence-electron chi connectivity index (χ0n) is 14.0. The van der Waals surface area contributed by atoms with Crippen molar-refractivity contribution < 1.29 is 33.7 Å². The first-order valence-electron chi connectivity index (χ1n) is 7.87. The summed E-state index contributed by atoms with van der Waals surface area (Å²) in [6.07, 6.45) is -0.265. The molecule has 2 aromatic rings. The van der Waals surface area contributed by atoms with Crippen molar-refractivity contribution >= 4 is 24.3 Å². The van der Waals surface area contributed by atoms with Crippen molar-refractivity contribution in [1.82, 2.24) is 0 Å². The van der Waals surface area contributed by atoms with E-state index in [1.807, 2.05) is 0 Å². The summed E-state index contributed by atoms with van der Waals surface area (Å²) in [4.78, 5) is 11.8. The zero-order valence-corrected chi connectivity index (χ0v) is 14.9. The Kier molecular flexibility index (Phi) is 6.06. The second-order valence-corrected chi connectivity index (χ2v) is 7.62. The number of benzene rings is 2. The van der Waals surface area contributed by atoms with Gasteiger partial charge in [-0.05, 0) is 42.8 Å². The Bertz CT molecular complexity index is 803. The van der Waals surface area contributed by atoms with E-state index in [-0.39, 0.29) is 36.7 Å². The van der Waals surface area contributed by atoms with Crippen molar-refractivity contribution in [3.8, 4) is 11.5 Å². The number of aliphatic carboxylic acids is 1. The maximum Gasteiger partial charge on any atom is 0.345 e. The molecule has 2 rings (SSSR count). The van der Waals surface area contributed by atoms with Crippen molar-refractivity contribution in [2.24, 2.45) is 0 Å². The third-order valence-corrected chi connectivity index (χ3v) is 6.18. The average molecular weight is 368 g/mol. The maximum atomic E-state index is 12.9. The highest BCUT2D eigenvalue weighted by molar-refractivity contribution is 7.55. The molecule has 2 aromatic carbocycles. The minimum atomic E-state index is -3.93. The van der Waals surface area contributed by atoms with Gasteiger partial charge in [0.2, 0.25) is 0 Å². The van der Waals surface area contributed by atoms with E-state index < -0.39 is 19.2 Å². The molecule has 136 valence electrons. The standard InChI is InChI=1S/C17H21O7P/c1-3-23-25(22,24-4-2)16(17(20)21)10-14-13-9-12(18)7-5-11(13)6-8-15(14)19/h5-9,16,18-19H,3-4,10H2,1-2H3,(H,20,21). The molecule has 0 bridgehead atoms. The summed E-state index contributed by atoms with van der Waals surface area (Å²) < 4.78 is 23.2. The molecule has 0 amide bonds. The first-order valence-corrected chi connectivity index (χ1v) is 9.48. The van der Waals surface area contributed by atoms with Crippen molar-refractivity contribution in [2.45, 2.75) is 25.9 Å². The van der Waals surface area contributed by atoms with Crippen LogP contribution in [0.4, 0.5) is 0 Å². The van der Waals surface area contributed by atoms with Gasteiger partial charge in [0.25, 0.3) is 0 Å². The molecular weight excluding hydrogens is 347 g/mol. The van der Waals surface area contributed by atoms with Gasteiger partial charge in [0, 0.05) is 12.0 Å². The van der Waals surface area contributed by atoms with Crippen LogP contribution in [0.1, 0.15) is 19.4 Å².